The molecular formula is C18H34N2. The summed E-state index contributed by atoms with van der Waals surface area (Å²) in [7, 11) is 0. The number of nitrogens with zero attached hydrogens (tertiary/aromatic N) is 1. The molecule has 0 spiro atoms. The Morgan fingerprint density at radius 3 is 2.50 bits per heavy atom. The molecule has 2 aliphatic carbocycles. The Labute approximate surface area is 125 Å². The highest BCUT2D eigenvalue weighted by molar-refractivity contribution is 4.97. The van der Waals surface area contributed by atoms with Crippen molar-refractivity contribution in [2.24, 2.45) is 17.8 Å². The lowest BCUT2D eigenvalue weighted by molar-refractivity contribution is -0.0318. The van der Waals surface area contributed by atoms with Gasteiger partial charge < -0.3 is 5.32 Å². The molecular weight excluding hydrogens is 244 g/mol. The summed E-state index contributed by atoms with van der Waals surface area (Å²) in [4.78, 5) is 2.96. The summed E-state index contributed by atoms with van der Waals surface area (Å²) < 4.78 is 0. The Balaban J connectivity index is 1.52. The minimum atomic E-state index is 0.784. The van der Waals surface area contributed by atoms with E-state index in [1.807, 2.05) is 0 Å². The van der Waals surface area contributed by atoms with E-state index in [0.717, 1.165) is 29.8 Å². The topological polar surface area (TPSA) is 15.3 Å². The highest BCUT2D eigenvalue weighted by Gasteiger charge is 2.42. The molecule has 3 aliphatic rings. The summed E-state index contributed by atoms with van der Waals surface area (Å²) in [5, 5.41) is 3.70. The fourth-order valence-electron chi connectivity index (χ4n) is 4.86. The van der Waals surface area contributed by atoms with Crippen molar-refractivity contribution in [1.82, 2.24) is 10.2 Å². The Hall–Kier alpha value is -0.0800. The van der Waals surface area contributed by atoms with Gasteiger partial charge in [-0.1, -0.05) is 26.7 Å². The van der Waals surface area contributed by atoms with Gasteiger partial charge in [-0.05, 0) is 75.9 Å². The maximum Gasteiger partial charge on any atom is 0.0139 e. The van der Waals surface area contributed by atoms with Crippen LogP contribution in [0.25, 0.3) is 0 Å². The monoisotopic (exact) mass is 278 g/mol. The van der Waals surface area contributed by atoms with Gasteiger partial charge in [0.1, 0.15) is 0 Å². The predicted octanol–water partition coefficient (Wildman–Crippen LogP) is 3.67. The van der Waals surface area contributed by atoms with Crippen LogP contribution in [0.5, 0.6) is 0 Å². The van der Waals surface area contributed by atoms with E-state index in [2.05, 4.69) is 24.1 Å². The van der Waals surface area contributed by atoms with E-state index < -0.39 is 0 Å². The van der Waals surface area contributed by atoms with Crippen LogP contribution < -0.4 is 5.32 Å². The Bertz CT molecular complexity index is 300. The maximum atomic E-state index is 3.70. The van der Waals surface area contributed by atoms with Crippen LogP contribution in [0.1, 0.15) is 65.2 Å². The molecule has 1 saturated heterocycles. The molecule has 3 fully saturated rings. The average Bonchev–Trinajstić information content (AvgIpc) is 2.42. The predicted molar refractivity (Wildman–Crippen MR) is 85.9 cm³/mol. The van der Waals surface area contributed by atoms with Gasteiger partial charge >= 0.3 is 0 Å². The molecule has 0 bridgehead atoms. The Morgan fingerprint density at radius 2 is 1.75 bits per heavy atom. The first-order valence-corrected chi connectivity index (χ1v) is 9.22. The molecule has 0 aromatic carbocycles. The van der Waals surface area contributed by atoms with Crippen LogP contribution in [0.2, 0.25) is 0 Å². The van der Waals surface area contributed by atoms with Gasteiger partial charge in [-0.25, -0.2) is 0 Å². The molecule has 4 atom stereocenters. The summed E-state index contributed by atoms with van der Waals surface area (Å²) in [5.41, 5.74) is 0. The van der Waals surface area contributed by atoms with Gasteiger partial charge in [-0.3, -0.25) is 4.90 Å². The zero-order valence-corrected chi connectivity index (χ0v) is 13.6. The quantitative estimate of drug-likeness (QED) is 0.825. The fourth-order valence-corrected chi connectivity index (χ4v) is 4.86. The normalized spacial score (nSPS) is 38.5. The van der Waals surface area contributed by atoms with Gasteiger partial charge in [-0.15, -0.1) is 0 Å². The summed E-state index contributed by atoms with van der Waals surface area (Å²) in [6.45, 7) is 8.46. The van der Waals surface area contributed by atoms with Crippen molar-refractivity contribution in [3.05, 3.63) is 0 Å². The number of fused-ring (bicyclic) bond motifs is 1. The Morgan fingerprint density at radius 1 is 0.950 bits per heavy atom. The molecule has 1 N–H and O–H groups in total. The van der Waals surface area contributed by atoms with Crippen LogP contribution >= 0.6 is 0 Å². The van der Waals surface area contributed by atoms with Gasteiger partial charge in [0.2, 0.25) is 0 Å². The number of nitrogens with one attached hydrogen (secondary N) is 1. The number of likely N-dealkylation sites (tertiary alicyclic amines) is 1. The molecule has 2 heteroatoms. The number of piperidine rings is 1. The lowest BCUT2D eigenvalue weighted by Gasteiger charge is -2.53. The van der Waals surface area contributed by atoms with Crippen molar-refractivity contribution in [2.75, 3.05) is 19.6 Å². The van der Waals surface area contributed by atoms with Crippen molar-refractivity contribution >= 4 is 0 Å². The number of rotatable bonds is 5. The van der Waals surface area contributed by atoms with Crippen LogP contribution in [0.15, 0.2) is 0 Å². The molecule has 0 amide bonds. The van der Waals surface area contributed by atoms with Crippen LogP contribution in [0.4, 0.5) is 0 Å². The zero-order chi connectivity index (χ0) is 13.9. The van der Waals surface area contributed by atoms with E-state index in [0.29, 0.717) is 0 Å². The van der Waals surface area contributed by atoms with Gasteiger partial charge in [0.25, 0.3) is 0 Å². The lowest BCUT2D eigenvalue weighted by Crippen LogP contribution is -2.58. The molecule has 1 aliphatic heterocycles. The third-order valence-corrected chi connectivity index (χ3v) is 6.05. The van der Waals surface area contributed by atoms with Crippen LogP contribution in [-0.4, -0.2) is 36.6 Å². The van der Waals surface area contributed by atoms with Gasteiger partial charge in [-0.2, -0.15) is 0 Å². The molecule has 2 nitrogen and oxygen atoms in total. The second-order valence-electron chi connectivity index (χ2n) is 7.95. The second-order valence-corrected chi connectivity index (χ2v) is 7.95. The van der Waals surface area contributed by atoms with Crippen LogP contribution in [0, 0.1) is 17.8 Å². The zero-order valence-electron chi connectivity index (χ0n) is 13.6. The number of hydrogen-bond acceptors (Lipinski definition) is 2. The minimum absolute atomic E-state index is 0.784. The molecule has 116 valence electrons. The summed E-state index contributed by atoms with van der Waals surface area (Å²) in [6.07, 6.45) is 11.9. The average molecular weight is 278 g/mol. The van der Waals surface area contributed by atoms with Crippen molar-refractivity contribution in [1.29, 1.82) is 0 Å². The summed E-state index contributed by atoms with van der Waals surface area (Å²) in [6, 6.07) is 1.87. The van der Waals surface area contributed by atoms with E-state index in [-0.39, 0.29) is 0 Å². The van der Waals surface area contributed by atoms with Crippen molar-refractivity contribution in [3.8, 4) is 0 Å². The highest BCUT2D eigenvalue weighted by Crippen LogP contribution is 2.41. The SMILES string of the molecule is CC(C)CNCC1CCC1N1CCC[C@H]2CCCC[C@H]21. The maximum absolute atomic E-state index is 3.70. The van der Waals surface area contributed by atoms with E-state index in [1.165, 1.54) is 71.0 Å². The Kier molecular flexibility index (Phi) is 5.04. The van der Waals surface area contributed by atoms with Crippen molar-refractivity contribution in [2.45, 2.75) is 77.3 Å². The summed E-state index contributed by atoms with van der Waals surface area (Å²) in [5.74, 6) is 2.77. The standard InChI is InChI=1S/C18H34N2/c1-14(2)12-19-13-16-9-10-18(16)20-11-5-7-15-6-3-4-8-17(15)20/h14-19H,3-13H2,1-2H3/t15-,16?,17-,18?/m1/s1. The van der Waals surface area contributed by atoms with E-state index >= 15 is 0 Å². The molecule has 0 aromatic rings. The molecule has 20 heavy (non-hydrogen) atoms. The smallest absolute Gasteiger partial charge is 0.0139 e. The molecule has 0 aromatic heterocycles. The van der Waals surface area contributed by atoms with Gasteiger partial charge in [0.05, 0.1) is 0 Å². The first kappa shape index (κ1) is 14.8. The molecule has 2 saturated carbocycles. The van der Waals surface area contributed by atoms with Crippen molar-refractivity contribution in [3.63, 3.8) is 0 Å². The number of hydrogen-bond donors (Lipinski definition) is 1. The lowest BCUT2D eigenvalue weighted by atomic mass is 9.72. The molecule has 2 unspecified atom stereocenters. The second kappa shape index (κ2) is 6.79. The largest absolute Gasteiger partial charge is 0.316 e. The van der Waals surface area contributed by atoms with Crippen molar-refractivity contribution < 1.29 is 0 Å². The fraction of sp³-hybridized carbons (Fsp3) is 1.00. The molecule has 3 rings (SSSR count). The summed E-state index contributed by atoms with van der Waals surface area (Å²) >= 11 is 0. The van der Waals surface area contributed by atoms with E-state index in [1.54, 1.807) is 0 Å². The molecule has 0 radical (unpaired) electrons. The minimum Gasteiger partial charge on any atom is -0.316 e. The third kappa shape index (κ3) is 3.22. The first-order valence-electron chi connectivity index (χ1n) is 9.22. The van der Waals surface area contributed by atoms with E-state index in [4.69, 9.17) is 0 Å². The molecule has 1 heterocycles. The highest BCUT2D eigenvalue weighted by atomic mass is 15.2. The first-order chi connectivity index (χ1) is 9.75. The van der Waals surface area contributed by atoms with Crippen LogP contribution in [0.3, 0.4) is 0 Å². The van der Waals surface area contributed by atoms with Gasteiger partial charge in [0, 0.05) is 12.1 Å². The van der Waals surface area contributed by atoms with Gasteiger partial charge in [0.15, 0.2) is 0 Å². The van der Waals surface area contributed by atoms with E-state index in [9.17, 15) is 0 Å². The third-order valence-electron chi connectivity index (χ3n) is 6.05. The van der Waals surface area contributed by atoms with Crippen LogP contribution in [-0.2, 0) is 0 Å².